The molecule has 5 heteroatoms. The minimum Gasteiger partial charge on any atom is -0.461 e. The largest absolute Gasteiger partial charge is 0.461 e. The summed E-state index contributed by atoms with van der Waals surface area (Å²) in [4.78, 5) is 26.3. The highest BCUT2D eigenvalue weighted by molar-refractivity contribution is 8.13. The fourth-order valence-electron chi connectivity index (χ4n) is 3.64. The van der Waals surface area contributed by atoms with Crippen LogP contribution in [0.15, 0.2) is 42.1 Å². The van der Waals surface area contributed by atoms with Gasteiger partial charge in [0, 0.05) is 24.4 Å². The van der Waals surface area contributed by atoms with E-state index in [1.165, 1.54) is 36.7 Å². The molecule has 1 heterocycles. The number of benzene rings is 1. The van der Waals surface area contributed by atoms with E-state index < -0.39 is 0 Å². The lowest BCUT2D eigenvalue weighted by atomic mass is 9.85. The van der Waals surface area contributed by atoms with Crippen molar-refractivity contribution in [2.45, 2.75) is 51.6 Å². The fourth-order valence-corrected chi connectivity index (χ4v) is 4.45. The lowest BCUT2D eigenvalue weighted by Crippen LogP contribution is -2.37. The van der Waals surface area contributed by atoms with Crippen LogP contribution in [-0.4, -0.2) is 28.4 Å². The molecule has 0 N–H and O–H groups in total. The van der Waals surface area contributed by atoms with Gasteiger partial charge < -0.3 is 9.64 Å². The van der Waals surface area contributed by atoms with E-state index in [4.69, 9.17) is 4.74 Å². The maximum Gasteiger partial charge on any atom is 0.306 e. The van der Waals surface area contributed by atoms with E-state index in [-0.39, 0.29) is 11.2 Å². The second kappa shape index (κ2) is 9.81. The van der Waals surface area contributed by atoms with Gasteiger partial charge in [-0.05, 0) is 50.0 Å². The number of fused-ring (bicyclic) bond motifs is 1. The molecule has 1 atom stereocenters. The van der Waals surface area contributed by atoms with E-state index in [0.717, 1.165) is 24.9 Å². The number of rotatable bonds is 6. The summed E-state index contributed by atoms with van der Waals surface area (Å²) in [5.41, 5.74) is 2.24. The number of piperidine rings is 1. The summed E-state index contributed by atoms with van der Waals surface area (Å²) < 4.78 is 5.27. The third-order valence-electron chi connectivity index (χ3n) is 4.99. The maximum absolute atomic E-state index is 12.5. The highest BCUT2D eigenvalue weighted by Gasteiger charge is 2.30. The first-order chi connectivity index (χ1) is 12.7. The Morgan fingerprint density at radius 2 is 1.96 bits per heavy atom. The molecule has 1 aromatic carbocycles. The first kappa shape index (κ1) is 19.0. The topological polar surface area (TPSA) is 46.6 Å². The summed E-state index contributed by atoms with van der Waals surface area (Å²) in [6, 6.07) is 9.67. The molecule has 0 spiro atoms. The molecule has 140 valence electrons. The summed E-state index contributed by atoms with van der Waals surface area (Å²) in [5, 5.41) is 0.139. The SMILES string of the molecule is O=C(CCCSC(=O)N1CCCC2CCCC=C21)OCc1ccccc1. The van der Waals surface area contributed by atoms with Crippen molar-refractivity contribution in [2.75, 3.05) is 12.3 Å². The van der Waals surface area contributed by atoms with E-state index in [0.29, 0.717) is 31.1 Å². The Hall–Kier alpha value is -1.75. The number of thioether (sulfide) groups is 1. The molecule has 0 aromatic heterocycles. The Morgan fingerprint density at radius 3 is 2.81 bits per heavy atom. The molecule has 1 amide bonds. The molecule has 26 heavy (non-hydrogen) atoms. The Labute approximate surface area is 160 Å². The van der Waals surface area contributed by atoms with Crippen molar-refractivity contribution >= 4 is 23.0 Å². The van der Waals surface area contributed by atoms with Gasteiger partial charge in [-0.1, -0.05) is 48.2 Å². The van der Waals surface area contributed by atoms with Gasteiger partial charge in [0.05, 0.1) is 0 Å². The second-order valence-electron chi connectivity index (χ2n) is 6.91. The van der Waals surface area contributed by atoms with Crippen LogP contribution in [0.1, 0.15) is 50.5 Å². The van der Waals surface area contributed by atoms with Gasteiger partial charge in [-0.2, -0.15) is 0 Å². The van der Waals surface area contributed by atoms with Crippen molar-refractivity contribution in [3.8, 4) is 0 Å². The molecular weight excluding hydrogens is 346 g/mol. The van der Waals surface area contributed by atoms with Crippen molar-refractivity contribution in [3.05, 3.63) is 47.7 Å². The van der Waals surface area contributed by atoms with Crippen LogP contribution in [-0.2, 0) is 16.1 Å². The molecule has 3 rings (SSSR count). The van der Waals surface area contributed by atoms with Gasteiger partial charge in [0.2, 0.25) is 0 Å². The molecule has 0 radical (unpaired) electrons. The first-order valence-electron chi connectivity index (χ1n) is 9.58. The van der Waals surface area contributed by atoms with Gasteiger partial charge in [0.1, 0.15) is 6.61 Å². The van der Waals surface area contributed by atoms with Crippen LogP contribution in [0.4, 0.5) is 4.79 Å². The molecular formula is C21H27NO3S. The predicted octanol–water partition coefficient (Wildman–Crippen LogP) is 5.14. The molecule has 0 bridgehead atoms. The molecule has 1 unspecified atom stereocenters. The molecule has 1 saturated heterocycles. The summed E-state index contributed by atoms with van der Waals surface area (Å²) in [6.45, 7) is 1.16. The summed E-state index contributed by atoms with van der Waals surface area (Å²) in [7, 11) is 0. The van der Waals surface area contributed by atoms with Crippen LogP contribution in [0.2, 0.25) is 0 Å². The highest BCUT2D eigenvalue weighted by Crippen LogP contribution is 2.36. The van der Waals surface area contributed by atoms with E-state index >= 15 is 0 Å². The molecule has 1 aromatic rings. The Kier molecular flexibility index (Phi) is 7.18. The summed E-state index contributed by atoms with van der Waals surface area (Å²) in [6.07, 6.45) is 9.15. The lowest BCUT2D eigenvalue weighted by molar-refractivity contribution is -0.144. The quantitative estimate of drug-likeness (QED) is 0.511. The Morgan fingerprint density at radius 1 is 1.15 bits per heavy atom. The Bertz CT molecular complexity index is 644. The average molecular weight is 374 g/mol. The zero-order valence-electron chi connectivity index (χ0n) is 15.2. The number of carbonyl (C=O) groups excluding carboxylic acids is 2. The third-order valence-corrected chi connectivity index (χ3v) is 5.95. The predicted molar refractivity (Wildman–Crippen MR) is 105 cm³/mol. The van der Waals surface area contributed by atoms with Crippen molar-refractivity contribution in [1.29, 1.82) is 0 Å². The highest BCUT2D eigenvalue weighted by atomic mass is 32.2. The number of carbonyl (C=O) groups is 2. The van der Waals surface area contributed by atoms with Gasteiger partial charge in [0.25, 0.3) is 5.24 Å². The number of allylic oxidation sites excluding steroid dienone is 2. The van der Waals surface area contributed by atoms with Crippen molar-refractivity contribution < 1.29 is 14.3 Å². The second-order valence-corrected chi connectivity index (χ2v) is 7.96. The number of ether oxygens (including phenoxy) is 1. The van der Waals surface area contributed by atoms with Gasteiger partial charge in [-0.3, -0.25) is 9.59 Å². The van der Waals surface area contributed by atoms with Crippen LogP contribution in [0.5, 0.6) is 0 Å². The van der Waals surface area contributed by atoms with E-state index in [1.54, 1.807) is 0 Å². The number of amides is 1. The van der Waals surface area contributed by atoms with Crippen LogP contribution >= 0.6 is 11.8 Å². The number of likely N-dealkylation sites (tertiary alicyclic amines) is 1. The van der Waals surface area contributed by atoms with Gasteiger partial charge in [0.15, 0.2) is 0 Å². The van der Waals surface area contributed by atoms with E-state index in [1.807, 2.05) is 35.2 Å². The Balaban J connectivity index is 1.34. The minimum atomic E-state index is -0.199. The van der Waals surface area contributed by atoms with Crippen molar-refractivity contribution in [1.82, 2.24) is 4.90 Å². The number of esters is 1. The monoisotopic (exact) mass is 373 g/mol. The molecule has 1 aliphatic carbocycles. The molecule has 0 saturated carbocycles. The first-order valence-corrected chi connectivity index (χ1v) is 10.6. The van der Waals surface area contributed by atoms with Crippen molar-refractivity contribution in [2.24, 2.45) is 5.92 Å². The number of hydrogen-bond donors (Lipinski definition) is 0. The van der Waals surface area contributed by atoms with Crippen LogP contribution < -0.4 is 0 Å². The smallest absolute Gasteiger partial charge is 0.306 e. The normalized spacial score (nSPS) is 19.5. The molecule has 2 aliphatic rings. The third kappa shape index (κ3) is 5.37. The van der Waals surface area contributed by atoms with Crippen LogP contribution in [0.25, 0.3) is 0 Å². The fraction of sp³-hybridized carbons (Fsp3) is 0.524. The van der Waals surface area contributed by atoms with E-state index in [2.05, 4.69) is 6.08 Å². The number of hydrogen-bond acceptors (Lipinski definition) is 4. The zero-order valence-corrected chi connectivity index (χ0v) is 16.0. The van der Waals surface area contributed by atoms with Gasteiger partial charge in [-0.15, -0.1) is 0 Å². The van der Waals surface area contributed by atoms with Gasteiger partial charge in [-0.25, -0.2) is 0 Å². The summed E-state index contributed by atoms with van der Waals surface area (Å²) in [5.74, 6) is 1.04. The van der Waals surface area contributed by atoms with Crippen LogP contribution in [0.3, 0.4) is 0 Å². The standard InChI is InChI=1S/C21H27NO3S/c23-20(25-16-17-8-2-1-3-9-17)13-7-15-26-21(24)22-14-6-11-18-10-4-5-12-19(18)22/h1-3,8-9,12,18H,4-7,10-11,13-16H2. The lowest BCUT2D eigenvalue weighted by Gasteiger charge is -2.37. The number of nitrogens with zero attached hydrogens (tertiary/aromatic N) is 1. The maximum atomic E-state index is 12.5. The molecule has 1 aliphatic heterocycles. The average Bonchev–Trinajstić information content (AvgIpc) is 2.70. The van der Waals surface area contributed by atoms with Gasteiger partial charge >= 0.3 is 5.97 Å². The molecule has 4 nitrogen and oxygen atoms in total. The van der Waals surface area contributed by atoms with E-state index in [9.17, 15) is 9.59 Å². The summed E-state index contributed by atoms with van der Waals surface area (Å²) >= 11 is 1.33. The van der Waals surface area contributed by atoms with Crippen molar-refractivity contribution in [3.63, 3.8) is 0 Å². The van der Waals surface area contributed by atoms with Crippen LogP contribution in [0, 0.1) is 5.92 Å². The zero-order chi connectivity index (χ0) is 18.2. The minimum absolute atomic E-state index is 0.139. The molecule has 1 fully saturated rings.